The van der Waals surface area contributed by atoms with Crippen molar-refractivity contribution in [3.63, 3.8) is 0 Å². The number of rotatable bonds is 8. The van der Waals surface area contributed by atoms with Gasteiger partial charge in [-0.3, -0.25) is 14.4 Å². The fraction of sp³-hybridized carbons (Fsp3) is 0.310. The van der Waals surface area contributed by atoms with Crippen LogP contribution < -0.4 is 19.4 Å². The van der Waals surface area contributed by atoms with Crippen LogP contribution in [0.1, 0.15) is 36.9 Å². The van der Waals surface area contributed by atoms with Crippen LogP contribution >= 0.6 is 0 Å². The zero-order valence-corrected chi connectivity index (χ0v) is 20.7. The third kappa shape index (κ3) is 4.20. The minimum absolute atomic E-state index is 0.278. The number of ether oxygens (including phenoxy) is 2. The number of hydroxylamine groups is 1. The minimum Gasteiger partial charge on any atom is -0.493 e. The predicted molar refractivity (Wildman–Crippen MR) is 137 cm³/mol. The molecule has 36 heavy (non-hydrogen) atoms. The van der Waals surface area contributed by atoms with Crippen molar-refractivity contribution in [1.29, 1.82) is 0 Å². The predicted octanol–water partition coefficient (Wildman–Crippen LogP) is 5.23. The Morgan fingerprint density at radius 2 is 1.64 bits per heavy atom. The number of hydrogen-bond donors (Lipinski definition) is 0. The SMILES string of the molecule is CCCCOc1ccc([C@@H]2[C@H]3C(=O)N(c4ccc(C)cc4)C(=O)[C@H]3ON2c2ccccc2)cc1OC. The lowest BCUT2D eigenvalue weighted by molar-refractivity contribution is -0.126. The number of aryl methyl sites for hydroxylation is 1. The van der Waals surface area contributed by atoms with Gasteiger partial charge < -0.3 is 9.47 Å². The maximum atomic E-state index is 13.8. The van der Waals surface area contributed by atoms with Crippen LogP contribution in [0.5, 0.6) is 11.5 Å². The Hall–Kier alpha value is -3.84. The molecule has 3 atom stereocenters. The second-order valence-corrected chi connectivity index (χ2v) is 9.12. The van der Waals surface area contributed by atoms with Crippen LogP contribution in [0.3, 0.4) is 0 Å². The van der Waals surface area contributed by atoms with Gasteiger partial charge in [-0.2, -0.15) is 0 Å². The number of hydrogen-bond acceptors (Lipinski definition) is 6. The van der Waals surface area contributed by atoms with Gasteiger partial charge in [-0.15, -0.1) is 0 Å². The monoisotopic (exact) mass is 486 g/mol. The quantitative estimate of drug-likeness (QED) is 0.321. The molecule has 2 fully saturated rings. The number of unbranched alkanes of at least 4 members (excludes halogenated alkanes) is 1. The lowest BCUT2D eigenvalue weighted by Crippen LogP contribution is -2.37. The largest absolute Gasteiger partial charge is 0.493 e. The molecule has 2 saturated heterocycles. The highest BCUT2D eigenvalue weighted by Crippen LogP contribution is 2.48. The Labute approximate surface area is 211 Å². The minimum atomic E-state index is -0.921. The van der Waals surface area contributed by atoms with Crippen LogP contribution in [-0.4, -0.2) is 31.6 Å². The molecule has 7 heteroatoms. The van der Waals surface area contributed by atoms with E-state index in [-0.39, 0.29) is 11.8 Å². The molecule has 186 valence electrons. The third-order valence-electron chi connectivity index (χ3n) is 6.70. The fourth-order valence-electron chi connectivity index (χ4n) is 4.81. The number of benzene rings is 3. The van der Waals surface area contributed by atoms with Crippen molar-refractivity contribution in [2.75, 3.05) is 23.7 Å². The van der Waals surface area contributed by atoms with E-state index in [2.05, 4.69) is 6.92 Å². The second kappa shape index (κ2) is 10.0. The lowest BCUT2D eigenvalue weighted by atomic mass is 9.90. The summed E-state index contributed by atoms with van der Waals surface area (Å²) in [6.45, 7) is 4.67. The van der Waals surface area contributed by atoms with Crippen molar-refractivity contribution in [2.45, 2.75) is 38.8 Å². The summed E-state index contributed by atoms with van der Waals surface area (Å²) >= 11 is 0. The van der Waals surface area contributed by atoms with Gasteiger partial charge in [0, 0.05) is 0 Å². The van der Waals surface area contributed by atoms with Gasteiger partial charge in [0.15, 0.2) is 17.6 Å². The number of para-hydroxylation sites is 1. The molecule has 2 aliphatic heterocycles. The first-order valence-corrected chi connectivity index (χ1v) is 12.3. The van der Waals surface area contributed by atoms with Crippen LogP contribution in [0.4, 0.5) is 11.4 Å². The molecule has 0 bridgehead atoms. The zero-order chi connectivity index (χ0) is 25.2. The van der Waals surface area contributed by atoms with Gasteiger partial charge in [-0.25, -0.2) is 9.96 Å². The molecule has 2 heterocycles. The van der Waals surface area contributed by atoms with Crippen molar-refractivity contribution in [2.24, 2.45) is 5.92 Å². The molecule has 3 aromatic rings. The highest BCUT2D eigenvalue weighted by molar-refractivity contribution is 6.23. The van der Waals surface area contributed by atoms with Gasteiger partial charge in [0.1, 0.15) is 5.92 Å². The number of imide groups is 1. The average Bonchev–Trinajstić information content (AvgIpc) is 3.41. The Morgan fingerprint density at radius 1 is 0.889 bits per heavy atom. The maximum Gasteiger partial charge on any atom is 0.266 e. The molecule has 2 amide bonds. The van der Waals surface area contributed by atoms with Gasteiger partial charge in [0.05, 0.1) is 31.1 Å². The molecular formula is C29H30N2O5. The van der Waals surface area contributed by atoms with Crippen molar-refractivity contribution in [3.8, 4) is 11.5 Å². The number of carbonyl (C=O) groups excluding carboxylic acids is 2. The van der Waals surface area contributed by atoms with Gasteiger partial charge in [-0.05, 0) is 55.3 Å². The Kier molecular flexibility index (Phi) is 6.65. The maximum absolute atomic E-state index is 13.8. The first-order valence-electron chi connectivity index (χ1n) is 12.3. The van der Waals surface area contributed by atoms with Crippen molar-refractivity contribution >= 4 is 23.2 Å². The summed E-state index contributed by atoms with van der Waals surface area (Å²) < 4.78 is 11.5. The summed E-state index contributed by atoms with van der Waals surface area (Å²) in [4.78, 5) is 34.7. The topological polar surface area (TPSA) is 68.3 Å². The van der Waals surface area contributed by atoms with Crippen molar-refractivity contribution in [3.05, 3.63) is 83.9 Å². The van der Waals surface area contributed by atoms with Gasteiger partial charge in [0.25, 0.3) is 5.91 Å². The van der Waals surface area contributed by atoms with Crippen LogP contribution in [-0.2, 0) is 14.4 Å². The smallest absolute Gasteiger partial charge is 0.266 e. The van der Waals surface area contributed by atoms with E-state index in [9.17, 15) is 9.59 Å². The Balaban J connectivity index is 1.54. The Bertz CT molecular complexity index is 1240. The molecule has 3 aromatic carbocycles. The highest BCUT2D eigenvalue weighted by atomic mass is 16.7. The van der Waals surface area contributed by atoms with E-state index in [0.717, 1.165) is 29.7 Å². The number of fused-ring (bicyclic) bond motifs is 1. The number of anilines is 2. The van der Waals surface area contributed by atoms with Crippen molar-refractivity contribution < 1.29 is 23.9 Å². The standard InChI is InChI=1S/C29H30N2O5/c1-4-5-17-35-23-16-13-20(18-24(23)34-3)26-25-27(36-31(26)22-9-7-6-8-10-22)29(33)30(28(25)32)21-14-11-19(2)12-15-21/h6-16,18,25-27H,4-5,17H2,1-3H3/t25-,26-,27+/m1/s1. The van der Waals surface area contributed by atoms with E-state index in [1.54, 1.807) is 24.3 Å². The van der Waals surface area contributed by atoms with E-state index in [1.165, 1.54) is 4.90 Å². The summed E-state index contributed by atoms with van der Waals surface area (Å²) in [7, 11) is 1.60. The van der Waals surface area contributed by atoms with Crippen LogP contribution in [0, 0.1) is 12.8 Å². The van der Waals surface area contributed by atoms with Gasteiger partial charge in [0.2, 0.25) is 5.91 Å². The molecule has 0 aromatic heterocycles. The number of carbonyl (C=O) groups is 2. The summed E-state index contributed by atoms with van der Waals surface area (Å²) in [5, 5.41) is 1.68. The molecule has 5 rings (SSSR count). The summed E-state index contributed by atoms with van der Waals surface area (Å²) in [5.74, 6) is -0.127. The van der Waals surface area contributed by atoms with E-state index < -0.39 is 18.1 Å². The van der Waals surface area contributed by atoms with Crippen LogP contribution in [0.2, 0.25) is 0 Å². The summed E-state index contributed by atoms with van der Waals surface area (Å²) in [5.41, 5.74) is 3.17. The molecule has 0 N–H and O–H groups in total. The molecule has 0 unspecified atom stereocenters. The highest BCUT2D eigenvalue weighted by Gasteiger charge is 2.60. The molecule has 0 saturated carbocycles. The summed E-state index contributed by atoms with van der Waals surface area (Å²) in [6, 6.07) is 22.0. The molecule has 7 nitrogen and oxygen atoms in total. The van der Waals surface area contributed by atoms with Gasteiger partial charge in [-0.1, -0.05) is 55.3 Å². The molecule has 2 aliphatic rings. The number of nitrogens with zero attached hydrogens (tertiary/aromatic N) is 2. The molecule has 0 aliphatic carbocycles. The zero-order valence-electron chi connectivity index (χ0n) is 20.7. The molecule has 0 radical (unpaired) electrons. The van der Waals surface area contributed by atoms with Crippen LogP contribution in [0.25, 0.3) is 0 Å². The van der Waals surface area contributed by atoms with E-state index in [0.29, 0.717) is 23.8 Å². The first-order chi connectivity index (χ1) is 17.5. The normalized spacial score (nSPS) is 21.1. The fourth-order valence-corrected chi connectivity index (χ4v) is 4.81. The molecule has 0 spiro atoms. The van der Waals surface area contributed by atoms with E-state index >= 15 is 0 Å². The number of amides is 2. The van der Waals surface area contributed by atoms with E-state index in [1.807, 2.05) is 67.6 Å². The van der Waals surface area contributed by atoms with Crippen molar-refractivity contribution in [1.82, 2.24) is 0 Å². The average molecular weight is 487 g/mol. The Morgan fingerprint density at radius 3 is 2.33 bits per heavy atom. The second-order valence-electron chi connectivity index (χ2n) is 9.12. The lowest BCUT2D eigenvalue weighted by Gasteiger charge is -2.29. The van der Waals surface area contributed by atoms with Crippen LogP contribution in [0.15, 0.2) is 72.8 Å². The number of methoxy groups -OCH3 is 1. The first kappa shape index (κ1) is 23.9. The molecular weight excluding hydrogens is 456 g/mol. The summed E-state index contributed by atoms with van der Waals surface area (Å²) in [6.07, 6.45) is 1.05. The third-order valence-corrected chi connectivity index (χ3v) is 6.70. The van der Waals surface area contributed by atoms with Gasteiger partial charge >= 0.3 is 0 Å². The van der Waals surface area contributed by atoms with E-state index in [4.69, 9.17) is 14.3 Å².